The van der Waals surface area contributed by atoms with Crippen molar-refractivity contribution in [2.45, 2.75) is 17.4 Å². The molecule has 0 aliphatic heterocycles. The van der Waals surface area contributed by atoms with Gasteiger partial charge in [0, 0.05) is 36.6 Å². The number of aromatic nitrogens is 7. The van der Waals surface area contributed by atoms with Crippen LogP contribution in [0, 0.1) is 0 Å². The Kier molecular flexibility index (Phi) is 7.47. The van der Waals surface area contributed by atoms with Gasteiger partial charge in [-0.25, -0.2) is 20.2 Å². The van der Waals surface area contributed by atoms with Crippen molar-refractivity contribution < 1.29 is 9.90 Å². The molecular formula is C20H22N10O4S. The molecule has 1 unspecified atom stereocenters. The number of rotatable bonds is 10. The second kappa shape index (κ2) is 10.9. The van der Waals surface area contributed by atoms with Gasteiger partial charge in [0.25, 0.3) is 17.0 Å². The molecule has 182 valence electrons. The molecule has 0 radical (unpaired) electrons. The van der Waals surface area contributed by atoms with Gasteiger partial charge in [-0.1, -0.05) is 0 Å². The van der Waals surface area contributed by atoms with E-state index in [9.17, 15) is 19.5 Å². The third-order valence-corrected chi connectivity index (χ3v) is 5.75. The zero-order valence-electron chi connectivity index (χ0n) is 18.5. The molecule has 6 N–H and O–H groups in total. The second-order valence-corrected chi connectivity index (χ2v) is 8.11. The quantitative estimate of drug-likeness (QED) is 0.120. The number of aliphatic hydroxyl groups excluding tert-OH is 1. The summed E-state index contributed by atoms with van der Waals surface area (Å²) in [6, 6.07) is 1.76. The first-order valence-electron chi connectivity index (χ1n) is 10.5. The summed E-state index contributed by atoms with van der Waals surface area (Å²) in [7, 11) is 0. The van der Waals surface area contributed by atoms with Crippen LogP contribution in [0.2, 0.25) is 0 Å². The van der Waals surface area contributed by atoms with Crippen LogP contribution in [0.15, 0.2) is 39.1 Å². The third-order valence-electron chi connectivity index (χ3n) is 4.97. The average Bonchev–Trinajstić information content (AvgIpc) is 2.89. The molecule has 14 nitrogen and oxygen atoms in total. The second-order valence-electron chi connectivity index (χ2n) is 7.26. The highest BCUT2D eigenvalue weighted by Crippen LogP contribution is 2.27. The maximum Gasteiger partial charge on any atom is 0.292 e. The Morgan fingerprint density at radius 2 is 1.66 bits per heavy atom. The molecule has 0 saturated heterocycles. The van der Waals surface area contributed by atoms with Crippen LogP contribution in [-0.4, -0.2) is 78.4 Å². The van der Waals surface area contributed by atoms with Crippen molar-refractivity contribution in [3.63, 3.8) is 0 Å². The van der Waals surface area contributed by atoms with Gasteiger partial charge < -0.3 is 21.1 Å². The first-order valence-corrected chi connectivity index (χ1v) is 11.8. The Morgan fingerprint density at radius 1 is 0.971 bits per heavy atom. The lowest BCUT2D eigenvalue weighted by Gasteiger charge is -2.14. The molecule has 0 saturated carbocycles. The molecule has 0 fully saturated rings. The molecular weight excluding hydrogens is 476 g/mol. The fourth-order valence-corrected chi connectivity index (χ4v) is 3.88. The zero-order valence-corrected chi connectivity index (χ0v) is 19.3. The number of carbonyl (C=O) groups is 1. The Morgan fingerprint density at radius 3 is 2.43 bits per heavy atom. The lowest BCUT2D eigenvalue weighted by molar-refractivity contribution is -0.128. The van der Waals surface area contributed by atoms with E-state index in [1.165, 1.54) is 30.4 Å². The molecule has 1 amide bonds. The van der Waals surface area contributed by atoms with Gasteiger partial charge in [-0.15, -0.1) is 11.8 Å². The fourth-order valence-electron chi connectivity index (χ4n) is 3.28. The van der Waals surface area contributed by atoms with Crippen molar-refractivity contribution in [3.05, 3.63) is 45.4 Å². The summed E-state index contributed by atoms with van der Waals surface area (Å²) in [5, 5.41) is 32.0. The first kappa shape index (κ1) is 24.0. The standard InChI is InChI=1S/C20H22N10O4S/c1-35-11-3-6-21-13-12(11)16(27-29-19(13)33)26-9-10(31)18(32)25-5-2-4-24-17-14-15(20(34)30-28-17)23-8-7-22-14/h3,6-8,10,31H,2,4-5,9H2,1H3,(H,24,28)(H,25,32)(H,26,27)(H,29,33)(H,30,34). The molecule has 4 rings (SSSR count). The van der Waals surface area contributed by atoms with Crippen LogP contribution in [0.4, 0.5) is 11.6 Å². The van der Waals surface area contributed by atoms with Gasteiger partial charge in [-0.3, -0.25) is 19.4 Å². The van der Waals surface area contributed by atoms with Crippen molar-refractivity contribution in [2.75, 3.05) is 36.5 Å². The highest BCUT2D eigenvalue weighted by molar-refractivity contribution is 7.98. The van der Waals surface area contributed by atoms with Crippen LogP contribution in [0.3, 0.4) is 0 Å². The van der Waals surface area contributed by atoms with Gasteiger partial charge in [-0.2, -0.15) is 10.2 Å². The number of amides is 1. The van der Waals surface area contributed by atoms with Crippen LogP contribution < -0.4 is 27.1 Å². The predicted octanol–water partition coefficient (Wildman–Crippen LogP) is -0.542. The monoisotopic (exact) mass is 498 g/mol. The van der Waals surface area contributed by atoms with Gasteiger partial charge in [0.15, 0.2) is 17.2 Å². The maximum atomic E-state index is 12.3. The van der Waals surface area contributed by atoms with Crippen LogP contribution in [0.5, 0.6) is 0 Å². The third kappa shape index (κ3) is 5.36. The molecule has 0 spiro atoms. The molecule has 4 aromatic rings. The minimum atomic E-state index is -1.35. The Balaban J connectivity index is 1.27. The van der Waals surface area contributed by atoms with E-state index in [1.807, 2.05) is 6.26 Å². The number of thioether (sulfide) groups is 1. The van der Waals surface area contributed by atoms with Crippen molar-refractivity contribution in [1.29, 1.82) is 0 Å². The Labute approximate surface area is 201 Å². The van der Waals surface area contributed by atoms with Crippen LogP contribution in [0.1, 0.15) is 6.42 Å². The fraction of sp³-hybridized carbons (Fsp3) is 0.300. The van der Waals surface area contributed by atoms with Crippen molar-refractivity contribution >= 4 is 51.2 Å². The van der Waals surface area contributed by atoms with Crippen molar-refractivity contribution in [3.8, 4) is 0 Å². The van der Waals surface area contributed by atoms with Gasteiger partial charge in [0.1, 0.15) is 17.1 Å². The summed E-state index contributed by atoms with van der Waals surface area (Å²) in [6.07, 6.45) is 5.46. The summed E-state index contributed by atoms with van der Waals surface area (Å²) in [6.45, 7) is 0.597. The highest BCUT2D eigenvalue weighted by atomic mass is 32.2. The van der Waals surface area contributed by atoms with Crippen molar-refractivity contribution in [2.24, 2.45) is 0 Å². The number of hydrogen-bond acceptors (Lipinski definition) is 12. The lowest BCUT2D eigenvalue weighted by Crippen LogP contribution is -2.39. The van der Waals surface area contributed by atoms with E-state index in [1.54, 1.807) is 6.07 Å². The number of H-pyrrole nitrogens is 2. The molecule has 0 aromatic carbocycles. The van der Waals surface area contributed by atoms with Gasteiger partial charge in [0.05, 0.1) is 11.9 Å². The maximum absolute atomic E-state index is 12.3. The van der Waals surface area contributed by atoms with Gasteiger partial charge in [0.2, 0.25) is 0 Å². The van der Waals surface area contributed by atoms with Crippen LogP contribution in [0.25, 0.3) is 21.9 Å². The Bertz CT molecular complexity index is 1470. The van der Waals surface area contributed by atoms with Crippen molar-refractivity contribution in [1.82, 2.24) is 40.7 Å². The van der Waals surface area contributed by atoms with E-state index in [-0.39, 0.29) is 24.1 Å². The van der Waals surface area contributed by atoms with Crippen LogP contribution >= 0.6 is 11.8 Å². The topological polar surface area (TPSA) is 204 Å². The molecule has 1 atom stereocenters. The number of anilines is 2. The molecule has 0 aliphatic rings. The predicted molar refractivity (Wildman–Crippen MR) is 131 cm³/mol. The number of hydrogen-bond donors (Lipinski definition) is 6. The van der Waals surface area contributed by atoms with E-state index in [0.29, 0.717) is 35.5 Å². The van der Waals surface area contributed by atoms with E-state index in [0.717, 1.165) is 4.90 Å². The molecule has 0 bridgehead atoms. The van der Waals surface area contributed by atoms with E-state index < -0.39 is 23.1 Å². The Hall–Kier alpha value is -4.11. The number of pyridine rings is 1. The summed E-state index contributed by atoms with van der Waals surface area (Å²) in [4.78, 5) is 49.1. The number of nitrogens with one attached hydrogen (secondary N) is 5. The molecule has 4 aromatic heterocycles. The smallest absolute Gasteiger partial charge is 0.292 e. The zero-order chi connectivity index (χ0) is 24.8. The molecule has 0 aliphatic carbocycles. The summed E-state index contributed by atoms with van der Waals surface area (Å²) >= 11 is 1.43. The molecule has 4 heterocycles. The minimum absolute atomic E-state index is 0.118. The summed E-state index contributed by atoms with van der Waals surface area (Å²) in [5.74, 6) is 0.132. The van der Waals surface area contributed by atoms with Gasteiger partial charge in [-0.05, 0) is 18.7 Å². The number of aliphatic hydroxyl groups is 1. The highest BCUT2D eigenvalue weighted by Gasteiger charge is 2.17. The summed E-state index contributed by atoms with van der Waals surface area (Å²) < 4.78 is 0. The number of carbonyl (C=O) groups excluding carboxylic acids is 1. The number of aromatic amines is 2. The van der Waals surface area contributed by atoms with E-state index >= 15 is 0 Å². The SMILES string of the molecule is CSc1ccnc2c(=O)[nH]nc(NCC(O)C(=O)NCCCNc3n[nH]c(=O)c4nccnc34)c12. The molecule has 35 heavy (non-hydrogen) atoms. The van der Waals surface area contributed by atoms with Crippen LogP contribution in [-0.2, 0) is 4.79 Å². The largest absolute Gasteiger partial charge is 0.381 e. The lowest BCUT2D eigenvalue weighted by atomic mass is 10.2. The van der Waals surface area contributed by atoms with Gasteiger partial charge >= 0.3 is 0 Å². The first-order chi connectivity index (χ1) is 17.0. The minimum Gasteiger partial charge on any atom is -0.381 e. The summed E-state index contributed by atoms with van der Waals surface area (Å²) in [5.41, 5.74) is -0.106. The van der Waals surface area contributed by atoms with E-state index in [4.69, 9.17) is 0 Å². The number of fused-ring (bicyclic) bond motifs is 2. The average molecular weight is 499 g/mol. The van der Waals surface area contributed by atoms with E-state index in [2.05, 4.69) is 51.3 Å². The normalized spacial score (nSPS) is 11.9. The number of nitrogens with zero attached hydrogens (tertiary/aromatic N) is 5. The molecule has 15 heteroatoms.